The third-order valence-corrected chi connectivity index (χ3v) is 6.04. The van der Waals surface area contributed by atoms with E-state index in [4.69, 9.17) is 9.73 Å². The molecule has 0 radical (unpaired) electrons. The summed E-state index contributed by atoms with van der Waals surface area (Å²) in [6.07, 6.45) is 1.46. The highest BCUT2D eigenvalue weighted by molar-refractivity contribution is 8.14. The van der Waals surface area contributed by atoms with Gasteiger partial charge in [0.15, 0.2) is 0 Å². The van der Waals surface area contributed by atoms with Crippen molar-refractivity contribution in [3.63, 3.8) is 0 Å². The van der Waals surface area contributed by atoms with Crippen LogP contribution in [0.4, 0.5) is 4.39 Å². The molecule has 6 heteroatoms. The molecular formula is C20H26FNO3S. The minimum atomic E-state index is -0.800. The minimum absolute atomic E-state index is 0.0843. The molecule has 1 aromatic rings. The number of hydrogen-bond donors (Lipinski definition) is 1. The van der Waals surface area contributed by atoms with Crippen LogP contribution >= 0.6 is 11.8 Å². The lowest BCUT2D eigenvalue weighted by molar-refractivity contribution is -0.153. The lowest BCUT2D eigenvalue weighted by atomic mass is 9.68. The van der Waals surface area contributed by atoms with Gasteiger partial charge in [0.05, 0.1) is 23.1 Å². The number of hydrogen-bond acceptors (Lipinski definition) is 5. The van der Waals surface area contributed by atoms with Gasteiger partial charge < -0.3 is 9.84 Å². The van der Waals surface area contributed by atoms with Crippen molar-refractivity contribution < 1.29 is 19.0 Å². The van der Waals surface area contributed by atoms with Crippen molar-refractivity contribution in [3.05, 3.63) is 35.6 Å². The Kier molecular flexibility index (Phi) is 5.45. The maximum Gasteiger partial charge on any atom is 0.312 e. The summed E-state index contributed by atoms with van der Waals surface area (Å²) in [5.41, 5.74) is -0.833. The van der Waals surface area contributed by atoms with Crippen LogP contribution in [0, 0.1) is 11.7 Å². The number of ether oxygens (including phenoxy) is 1. The Labute approximate surface area is 158 Å². The van der Waals surface area contributed by atoms with Crippen LogP contribution in [-0.4, -0.2) is 33.6 Å². The number of esters is 1. The highest BCUT2D eigenvalue weighted by Gasteiger charge is 2.48. The van der Waals surface area contributed by atoms with E-state index in [0.717, 1.165) is 12.2 Å². The van der Waals surface area contributed by atoms with Gasteiger partial charge in [-0.2, -0.15) is 0 Å². The summed E-state index contributed by atoms with van der Waals surface area (Å²) in [5.74, 6) is 0.277. The topological polar surface area (TPSA) is 58.9 Å². The summed E-state index contributed by atoms with van der Waals surface area (Å²) >= 11 is 1.55. The van der Waals surface area contributed by atoms with E-state index in [1.165, 1.54) is 6.07 Å². The van der Waals surface area contributed by atoms with Gasteiger partial charge in [0, 0.05) is 17.7 Å². The van der Waals surface area contributed by atoms with E-state index in [1.54, 1.807) is 30.0 Å². The first kappa shape index (κ1) is 19.4. The van der Waals surface area contributed by atoms with Crippen molar-refractivity contribution in [1.82, 2.24) is 0 Å². The fourth-order valence-electron chi connectivity index (χ4n) is 3.86. The molecule has 1 saturated carbocycles. The minimum Gasteiger partial charge on any atom is -0.460 e. The van der Waals surface area contributed by atoms with E-state index in [-0.39, 0.29) is 24.1 Å². The quantitative estimate of drug-likeness (QED) is 0.805. The standard InChI is InChI=1S/C20H26FNO3S/c1-19(2,3)25-18(24)10-17-22-20(15-6-4-5-7-16(15)21)11-14(23)9-8-13(20)12-26-17/h4-7,13-14,23H,8-12H2,1-3H3/t13-,14+,20-/m0/s1. The SMILES string of the molecule is CC(C)(C)OC(=O)CC1=N[C@@]2(c3ccccc3F)C[C@H](O)CC[C@H]2CS1. The second kappa shape index (κ2) is 7.31. The molecule has 26 heavy (non-hydrogen) atoms. The van der Waals surface area contributed by atoms with E-state index < -0.39 is 17.2 Å². The molecule has 1 fully saturated rings. The fraction of sp³-hybridized carbons (Fsp3) is 0.600. The summed E-state index contributed by atoms with van der Waals surface area (Å²) in [6, 6.07) is 6.65. The number of nitrogens with zero attached hydrogens (tertiary/aromatic N) is 1. The van der Waals surface area contributed by atoms with Gasteiger partial charge in [-0.25, -0.2) is 4.39 Å². The molecule has 0 amide bonds. The number of benzene rings is 1. The van der Waals surface area contributed by atoms with Crippen molar-refractivity contribution >= 4 is 22.8 Å². The number of thioether (sulfide) groups is 1. The van der Waals surface area contributed by atoms with Gasteiger partial charge in [0.2, 0.25) is 0 Å². The van der Waals surface area contributed by atoms with Crippen molar-refractivity contribution in [2.75, 3.05) is 5.75 Å². The molecule has 4 nitrogen and oxygen atoms in total. The van der Waals surface area contributed by atoms with Crippen LogP contribution in [0.25, 0.3) is 0 Å². The Morgan fingerprint density at radius 3 is 2.81 bits per heavy atom. The first-order valence-electron chi connectivity index (χ1n) is 9.06. The lowest BCUT2D eigenvalue weighted by Gasteiger charge is -2.46. The number of aliphatic hydroxyl groups is 1. The lowest BCUT2D eigenvalue weighted by Crippen LogP contribution is -2.46. The summed E-state index contributed by atoms with van der Waals surface area (Å²) in [7, 11) is 0. The Balaban J connectivity index is 1.95. The van der Waals surface area contributed by atoms with Crippen LogP contribution in [0.3, 0.4) is 0 Å². The monoisotopic (exact) mass is 379 g/mol. The molecule has 0 saturated heterocycles. The highest BCUT2D eigenvalue weighted by Crippen LogP contribution is 2.50. The summed E-state index contributed by atoms with van der Waals surface area (Å²) < 4.78 is 20.0. The molecule has 3 atom stereocenters. The van der Waals surface area contributed by atoms with Crippen LogP contribution < -0.4 is 0 Å². The van der Waals surface area contributed by atoms with Crippen LogP contribution in [0.1, 0.15) is 52.0 Å². The zero-order valence-electron chi connectivity index (χ0n) is 15.5. The first-order valence-corrected chi connectivity index (χ1v) is 10.0. The van der Waals surface area contributed by atoms with Gasteiger partial charge in [-0.1, -0.05) is 18.2 Å². The molecule has 1 heterocycles. The van der Waals surface area contributed by atoms with Crippen LogP contribution in [0.15, 0.2) is 29.3 Å². The fourth-order valence-corrected chi connectivity index (χ4v) is 5.15. The Morgan fingerprint density at radius 2 is 2.12 bits per heavy atom. The van der Waals surface area contributed by atoms with E-state index in [0.29, 0.717) is 23.4 Å². The molecule has 1 aliphatic carbocycles. The highest BCUT2D eigenvalue weighted by atomic mass is 32.2. The molecule has 2 aliphatic rings. The predicted molar refractivity (Wildman–Crippen MR) is 102 cm³/mol. The molecule has 0 spiro atoms. The summed E-state index contributed by atoms with van der Waals surface area (Å²) in [4.78, 5) is 17.1. The van der Waals surface area contributed by atoms with E-state index in [9.17, 15) is 14.3 Å². The number of carbonyl (C=O) groups excluding carboxylic acids is 1. The zero-order valence-corrected chi connectivity index (χ0v) is 16.3. The maximum atomic E-state index is 14.6. The Bertz CT molecular complexity index is 715. The van der Waals surface area contributed by atoms with Gasteiger partial charge in [-0.3, -0.25) is 9.79 Å². The molecule has 0 aromatic heterocycles. The van der Waals surface area contributed by atoms with Gasteiger partial charge in [-0.05, 0) is 45.6 Å². The second-order valence-corrected chi connectivity index (χ2v) is 9.21. The first-order chi connectivity index (χ1) is 12.2. The normalized spacial score (nSPS) is 28.9. The molecule has 3 rings (SSSR count). The molecule has 1 aliphatic heterocycles. The number of halogens is 1. The van der Waals surface area contributed by atoms with Crippen molar-refractivity contribution in [2.45, 2.75) is 63.7 Å². The summed E-state index contributed by atoms with van der Waals surface area (Å²) in [5, 5.41) is 11.0. The number of fused-ring (bicyclic) bond motifs is 1. The van der Waals surface area contributed by atoms with Crippen molar-refractivity contribution in [3.8, 4) is 0 Å². The van der Waals surface area contributed by atoms with E-state index >= 15 is 0 Å². The van der Waals surface area contributed by atoms with E-state index in [1.807, 2.05) is 20.8 Å². The largest absolute Gasteiger partial charge is 0.460 e. The summed E-state index contributed by atoms with van der Waals surface area (Å²) in [6.45, 7) is 5.49. The Morgan fingerprint density at radius 1 is 1.38 bits per heavy atom. The zero-order chi connectivity index (χ0) is 18.9. The third kappa shape index (κ3) is 4.12. The molecule has 1 N–H and O–H groups in total. The number of carbonyl (C=O) groups is 1. The number of rotatable bonds is 3. The maximum absolute atomic E-state index is 14.6. The van der Waals surface area contributed by atoms with Gasteiger partial charge in [0.25, 0.3) is 0 Å². The van der Waals surface area contributed by atoms with Gasteiger partial charge in [0.1, 0.15) is 11.4 Å². The van der Waals surface area contributed by atoms with Gasteiger partial charge in [-0.15, -0.1) is 11.8 Å². The molecule has 142 valence electrons. The van der Waals surface area contributed by atoms with Crippen LogP contribution in [0.2, 0.25) is 0 Å². The molecule has 0 unspecified atom stereocenters. The van der Waals surface area contributed by atoms with E-state index in [2.05, 4.69) is 0 Å². The smallest absolute Gasteiger partial charge is 0.312 e. The molecular weight excluding hydrogens is 353 g/mol. The molecule has 0 bridgehead atoms. The second-order valence-electron chi connectivity index (χ2n) is 8.12. The average Bonchev–Trinajstić information content (AvgIpc) is 2.52. The molecule has 1 aromatic carbocycles. The predicted octanol–water partition coefficient (Wildman–Crippen LogP) is 4.06. The number of aliphatic imine (C=N–C) groups is 1. The van der Waals surface area contributed by atoms with Crippen molar-refractivity contribution in [1.29, 1.82) is 0 Å². The number of aliphatic hydroxyl groups excluding tert-OH is 1. The average molecular weight is 379 g/mol. The Hall–Kier alpha value is -1.40. The van der Waals surface area contributed by atoms with Crippen LogP contribution in [-0.2, 0) is 15.1 Å². The third-order valence-electron chi connectivity index (χ3n) is 4.90. The van der Waals surface area contributed by atoms with Crippen LogP contribution in [0.5, 0.6) is 0 Å². The van der Waals surface area contributed by atoms with Gasteiger partial charge >= 0.3 is 5.97 Å². The van der Waals surface area contributed by atoms with Crippen molar-refractivity contribution in [2.24, 2.45) is 10.9 Å².